The molecule has 0 spiro atoms. The van der Waals surface area contributed by atoms with Crippen molar-refractivity contribution >= 4 is 34.9 Å². The van der Waals surface area contributed by atoms with Gasteiger partial charge < -0.3 is 5.32 Å². The molecule has 3 nitrogen and oxygen atoms in total. The molecule has 0 amide bonds. The zero-order valence-electron chi connectivity index (χ0n) is 11.0. The quantitative estimate of drug-likeness (QED) is 0.620. The van der Waals surface area contributed by atoms with Crippen LogP contribution in [0.1, 0.15) is 18.9 Å². The van der Waals surface area contributed by atoms with Gasteiger partial charge in [-0.25, -0.2) is 0 Å². The van der Waals surface area contributed by atoms with Crippen molar-refractivity contribution in [2.45, 2.75) is 33.5 Å². The molecule has 1 heterocycles. The minimum absolute atomic E-state index is 0.939. The first-order valence-corrected chi connectivity index (χ1v) is 9.02. The number of nitrogens with zero attached hydrogens (tertiary/aromatic N) is 2. The van der Waals surface area contributed by atoms with E-state index in [1.54, 1.807) is 34.9 Å². The molecule has 0 radical (unpaired) electrons. The van der Waals surface area contributed by atoms with E-state index in [-0.39, 0.29) is 0 Å². The summed E-state index contributed by atoms with van der Waals surface area (Å²) in [5.74, 6) is 0. The van der Waals surface area contributed by atoms with E-state index in [0.29, 0.717) is 0 Å². The molecule has 0 aliphatic heterocycles. The van der Waals surface area contributed by atoms with Gasteiger partial charge in [0.15, 0.2) is 8.68 Å². The van der Waals surface area contributed by atoms with Crippen LogP contribution in [0.3, 0.4) is 0 Å². The molecule has 0 bridgehead atoms. The number of nitrogens with one attached hydrogen (secondary N) is 1. The van der Waals surface area contributed by atoms with Gasteiger partial charge in [-0.05, 0) is 36.9 Å². The monoisotopic (exact) mass is 311 g/mol. The summed E-state index contributed by atoms with van der Waals surface area (Å²) in [6.07, 6.45) is 3.19. The van der Waals surface area contributed by atoms with Gasteiger partial charge in [0, 0.05) is 11.4 Å². The van der Waals surface area contributed by atoms with Crippen LogP contribution < -0.4 is 5.32 Å². The van der Waals surface area contributed by atoms with Gasteiger partial charge in [-0.3, -0.25) is 0 Å². The van der Waals surface area contributed by atoms with E-state index in [0.717, 1.165) is 21.8 Å². The lowest BCUT2D eigenvalue weighted by Gasteiger charge is -2.04. The Morgan fingerprint density at radius 3 is 2.53 bits per heavy atom. The van der Waals surface area contributed by atoms with Crippen LogP contribution in [0, 0.1) is 0 Å². The van der Waals surface area contributed by atoms with Crippen molar-refractivity contribution in [2.75, 3.05) is 12.8 Å². The Kier molecular flexibility index (Phi) is 6.16. The van der Waals surface area contributed by atoms with Crippen LogP contribution in [0.5, 0.6) is 0 Å². The van der Waals surface area contributed by atoms with Gasteiger partial charge in [0.2, 0.25) is 0 Å². The molecule has 1 aromatic carbocycles. The number of aromatic nitrogens is 2. The summed E-state index contributed by atoms with van der Waals surface area (Å²) < 4.78 is 2.02. The third kappa shape index (κ3) is 4.80. The highest BCUT2D eigenvalue weighted by Gasteiger charge is 2.05. The van der Waals surface area contributed by atoms with Crippen LogP contribution in [0.25, 0.3) is 0 Å². The van der Waals surface area contributed by atoms with Crippen LogP contribution in [-0.2, 0) is 6.54 Å². The largest absolute Gasteiger partial charge is 0.313 e. The summed E-state index contributed by atoms with van der Waals surface area (Å²) in [6.45, 7) is 4.19. The Morgan fingerprint density at radius 1 is 1.16 bits per heavy atom. The van der Waals surface area contributed by atoms with Gasteiger partial charge in [0.25, 0.3) is 0 Å². The number of benzene rings is 1. The van der Waals surface area contributed by atoms with Crippen molar-refractivity contribution in [1.29, 1.82) is 0 Å². The van der Waals surface area contributed by atoms with Crippen molar-refractivity contribution in [3.05, 3.63) is 29.8 Å². The average Bonchev–Trinajstić information content (AvgIpc) is 2.89. The van der Waals surface area contributed by atoms with Crippen molar-refractivity contribution in [3.63, 3.8) is 0 Å². The summed E-state index contributed by atoms with van der Waals surface area (Å²) in [5, 5.41) is 11.7. The molecule has 19 heavy (non-hydrogen) atoms. The molecule has 2 rings (SSSR count). The first-order chi connectivity index (χ1) is 9.31. The third-order valence-electron chi connectivity index (χ3n) is 2.45. The van der Waals surface area contributed by atoms with Crippen molar-refractivity contribution < 1.29 is 0 Å². The maximum atomic E-state index is 4.16. The standard InChI is InChI=1S/C13H17N3S3/c1-3-8-14-9-10-4-6-11(7-5-10)18-13-16-15-12(17-2)19-13/h4-7,14H,3,8-9H2,1-2H3. The second-order valence-corrected chi connectivity index (χ2v) is 7.31. The molecule has 0 saturated heterocycles. The summed E-state index contributed by atoms with van der Waals surface area (Å²) in [7, 11) is 0. The topological polar surface area (TPSA) is 37.8 Å². The highest BCUT2D eigenvalue weighted by Crippen LogP contribution is 2.32. The SMILES string of the molecule is CCCNCc1ccc(Sc2nnc(SC)s2)cc1. The summed E-state index contributed by atoms with van der Waals surface area (Å²) in [4.78, 5) is 1.21. The van der Waals surface area contributed by atoms with E-state index in [1.165, 1.54) is 16.9 Å². The molecular formula is C13H17N3S3. The molecule has 0 aliphatic carbocycles. The number of rotatable bonds is 7. The van der Waals surface area contributed by atoms with E-state index in [2.05, 4.69) is 46.7 Å². The lowest BCUT2D eigenvalue weighted by molar-refractivity contribution is 0.675. The van der Waals surface area contributed by atoms with Gasteiger partial charge in [0.1, 0.15) is 0 Å². The predicted molar refractivity (Wildman–Crippen MR) is 84.3 cm³/mol. The van der Waals surface area contributed by atoms with Crippen LogP contribution in [0.4, 0.5) is 0 Å². The molecule has 1 N–H and O–H groups in total. The van der Waals surface area contributed by atoms with Gasteiger partial charge in [-0.2, -0.15) is 0 Å². The van der Waals surface area contributed by atoms with Crippen molar-refractivity contribution in [1.82, 2.24) is 15.5 Å². The van der Waals surface area contributed by atoms with Crippen LogP contribution >= 0.6 is 34.9 Å². The molecular weight excluding hydrogens is 294 g/mol. The number of thioether (sulfide) groups is 1. The second-order valence-electron chi connectivity index (χ2n) is 3.96. The van der Waals surface area contributed by atoms with Crippen molar-refractivity contribution in [2.24, 2.45) is 0 Å². The first-order valence-electron chi connectivity index (χ1n) is 6.17. The molecule has 2 aromatic rings. The van der Waals surface area contributed by atoms with Crippen LogP contribution in [-0.4, -0.2) is 23.0 Å². The molecule has 0 saturated carbocycles. The third-order valence-corrected chi connectivity index (χ3v) is 5.40. The van der Waals surface area contributed by atoms with Gasteiger partial charge in [-0.15, -0.1) is 10.2 Å². The fraction of sp³-hybridized carbons (Fsp3) is 0.385. The minimum Gasteiger partial charge on any atom is -0.313 e. The second kappa shape index (κ2) is 7.89. The lowest BCUT2D eigenvalue weighted by atomic mass is 10.2. The molecule has 0 atom stereocenters. The number of hydrogen-bond acceptors (Lipinski definition) is 6. The Bertz CT molecular complexity index is 496. The van der Waals surface area contributed by atoms with E-state index in [9.17, 15) is 0 Å². The maximum Gasteiger partial charge on any atom is 0.179 e. The molecule has 0 aliphatic rings. The van der Waals surface area contributed by atoms with Crippen LogP contribution in [0.15, 0.2) is 37.8 Å². The van der Waals surface area contributed by atoms with Gasteiger partial charge in [-0.1, -0.05) is 53.9 Å². The first kappa shape index (κ1) is 14.8. The molecule has 0 fully saturated rings. The fourth-order valence-corrected chi connectivity index (χ4v) is 3.92. The van der Waals surface area contributed by atoms with Gasteiger partial charge >= 0.3 is 0 Å². The van der Waals surface area contributed by atoms with E-state index >= 15 is 0 Å². The normalized spacial score (nSPS) is 10.8. The average molecular weight is 312 g/mol. The summed E-state index contributed by atoms with van der Waals surface area (Å²) in [6, 6.07) is 8.63. The zero-order chi connectivity index (χ0) is 13.5. The van der Waals surface area contributed by atoms with E-state index < -0.39 is 0 Å². The zero-order valence-corrected chi connectivity index (χ0v) is 13.5. The molecule has 6 heteroatoms. The maximum absolute atomic E-state index is 4.16. The summed E-state index contributed by atoms with van der Waals surface area (Å²) >= 11 is 4.95. The smallest absolute Gasteiger partial charge is 0.179 e. The Morgan fingerprint density at radius 2 is 1.89 bits per heavy atom. The summed E-state index contributed by atoms with van der Waals surface area (Å²) in [5.41, 5.74) is 1.32. The minimum atomic E-state index is 0.939. The fourth-order valence-electron chi connectivity index (χ4n) is 1.51. The Labute approximate surface area is 126 Å². The molecule has 102 valence electrons. The van der Waals surface area contributed by atoms with Crippen LogP contribution in [0.2, 0.25) is 0 Å². The number of hydrogen-bond donors (Lipinski definition) is 1. The van der Waals surface area contributed by atoms with E-state index in [4.69, 9.17) is 0 Å². The molecule has 1 aromatic heterocycles. The Hall–Kier alpha value is -0.560. The highest BCUT2D eigenvalue weighted by molar-refractivity contribution is 8.03. The lowest BCUT2D eigenvalue weighted by Crippen LogP contribution is -2.13. The van der Waals surface area contributed by atoms with Gasteiger partial charge in [0.05, 0.1) is 0 Å². The highest BCUT2D eigenvalue weighted by atomic mass is 32.2. The van der Waals surface area contributed by atoms with Crippen molar-refractivity contribution in [3.8, 4) is 0 Å². The molecule has 0 unspecified atom stereocenters. The predicted octanol–water partition coefficient (Wildman–Crippen LogP) is 3.91. The Balaban J connectivity index is 1.90. The van der Waals surface area contributed by atoms with E-state index in [1.807, 2.05) is 6.26 Å².